The Labute approximate surface area is 153 Å². The van der Waals surface area contributed by atoms with Gasteiger partial charge < -0.3 is 9.26 Å². The molecular formula is C17H16ClN3O3S. The van der Waals surface area contributed by atoms with Crippen molar-refractivity contribution in [2.75, 3.05) is 0 Å². The number of carbonyl (C=O) groups excluding carboxylic acids is 1. The first-order valence-corrected chi connectivity index (χ1v) is 8.97. The molecule has 0 unspecified atom stereocenters. The maximum absolute atomic E-state index is 12.1. The summed E-state index contributed by atoms with van der Waals surface area (Å²) in [6, 6.07) is 7.30. The minimum atomic E-state index is -0.534. The maximum Gasteiger partial charge on any atom is 0.358 e. The SMILES string of the molecule is CC(C)Cc1noc(COC(=O)c2csc(-c3cccc(Cl)c3)n2)n1. The van der Waals surface area contributed by atoms with Crippen LogP contribution < -0.4 is 0 Å². The molecule has 8 heteroatoms. The minimum absolute atomic E-state index is 0.0754. The van der Waals surface area contributed by atoms with Gasteiger partial charge in [0, 0.05) is 22.4 Å². The lowest BCUT2D eigenvalue weighted by Crippen LogP contribution is -2.06. The molecule has 0 bridgehead atoms. The van der Waals surface area contributed by atoms with E-state index in [0.717, 1.165) is 5.56 Å². The van der Waals surface area contributed by atoms with Gasteiger partial charge in [-0.25, -0.2) is 9.78 Å². The predicted octanol–water partition coefficient (Wildman–Crippen LogP) is 4.40. The van der Waals surface area contributed by atoms with Crippen molar-refractivity contribution in [2.24, 2.45) is 5.92 Å². The highest BCUT2D eigenvalue weighted by atomic mass is 35.5. The molecule has 0 N–H and O–H groups in total. The van der Waals surface area contributed by atoms with Gasteiger partial charge in [-0.15, -0.1) is 11.3 Å². The summed E-state index contributed by atoms with van der Waals surface area (Å²) in [5.41, 5.74) is 1.09. The van der Waals surface area contributed by atoms with Crippen molar-refractivity contribution in [3.63, 3.8) is 0 Å². The monoisotopic (exact) mass is 377 g/mol. The van der Waals surface area contributed by atoms with Crippen molar-refractivity contribution in [1.82, 2.24) is 15.1 Å². The highest BCUT2D eigenvalue weighted by molar-refractivity contribution is 7.13. The molecule has 130 valence electrons. The molecule has 1 aromatic carbocycles. The molecule has 3 rings (SSSR count). The third-order valence-electron chi connectivity index (χ3n) is 3.21. The number of esters is 1. The molecule has 0 aliphatic rings. The number of carbonyl (C=O) groups is 1. The van der Waals surface area contributed by atoms with Crippen LogP contribution >= 0.6 is 22.9 Å². The Balaban J connectivity index is 1.61. The normalized spacial score (nSPS) is 11.0. The van der Waals surface area contributed by atoms with Crippen molar-refractivity contribution in [2.45, 2.75) is 26.9 Å². The Kier molecular flexibility index (Phi) is 5.45. The van der Waals surface area contributed by atoms with E-state index >= 15 is 0 Å². The number of hydrogen-bond donors (Lipinski definition) is 0. The zero-order valence-electron chi connectivity index (χ0n) is 13.7. The standard InChI is InChI=1S/C17H16ClN3O3S/c1-10(2)6-14-20-15(24-21-14)8-23-17(22)13-9-25-16(19-13)11-4-3-5-12(18)7-11/h3-5,7,9-10H,6,8H2,1-2H3. The summed E-state index contributed by atoms with van der Waals surface area (Å²) in [6.07, 6.45) is 0.715. The number of nitrogens with zero attached hydrogens (tertiary/aromatic N) is 3. The molecule has 6 nitrogen and oxygen atoms in total. The van der Waals surface area contributed by atoms with Crippen molar-refractivity contribution < 1.29 is 14.1 Å². The summed E-state index contributed by atoms with van der Waals surface area (Å²) in [5.74, 6) is 0.772. The Morgan fingerprint density at radius 1 is 1.36 bits per heavy atom. The average molecular weight is 378 g/mol. The number of halogens is 1. The summed E-state index contributed by atoms with van der Waals surface area (Å²) in [4.78, 5) is 20.6. The van der Waals surface area contributed by atoms with Crippen LogP contribution in [-0.2, 0) is 17.8 Å². The molecule has 0 spiro atoms. The molecule has 0 saturated carbocycles. The fourth-order valence-electron chi connectivity index (χ4n) is 2.12. The van der Waals surface area contributed by atoms with Crippen molar-refractivity contribution >= 4 is 28.9 Å². The summed E-state index contributed by atoms with van der Waals surface area (Å²) in [6.45, 7) is 4.06. The van der Waals surface area contributed by atoms with Gasteiger partial charge in [0.15, 0.2) is 18.1 Å². The van der Waals surface area contributed by atoms with Gasteiger partial charge in [0.05, 0.1) is 0 Å². The van der Waals surface area contributed by atoms with Crippen molar-refractivity contribution in [3.05, 3.63) is 52.1 Å². The summed E-state index contributed by atoms with van der Waals surface area (Å²) >= 11 is 7.33. The van der Waals surface area contributed by atoms with Crippen LogP contribution in [0.3, 0.4) is 0 Å². The van der Waals surface area contributed by atoms with Gasteiger partial charge in [0.1, 0.15) is 5.01 Å². The molecule has 0 aliphatic heterocycles. The van der Waals surface area contributed by atoms with E-state index in [0.29, 0.717) is 28.2 Å². The van der Waals surface area contributed by atoms with E-state index in [1.54, 1.807) is 17.5 Å². The molecule has 0 radical (unpaired) electrons. The molecule has 2 heterocycles. The molecule has 0 fully saturated rings. The van der Waals surface area contributed by atoms with Gasteiger partial charge in [-0.3, -0.25) is 0 Å². The number of benzene rings is 1. The first-order valence-electron chi connectivity index (χ1n) is 7.71. The largest absolute Gasteiger partial charge is 0.451 e. The third kappa shape index (κ3) is 4.64. The number of rotatable bonds is 6. The van der Waals surface area contributed by atoms with E-state index in [9.17, 15) is 4.79 Å². The van der Waals surface area contributed by atoms with Gasteiger partial charge in [-0.2, -0.15) is 4.98 Å². The van der Waals surface area contributed by atoms with Crippen LogP contribution in [0, 0.1) is 5.92 Å². The molecule has 0 amide bonds. The number of ether oxygens (including phenoxy) is 1. The molecule has 25 heavy (non-hydrogen) atoms. The second kappa shape index (κ2) is 7.76. The lowest BCUT2D eigenvalue weighted by molar-refractivity contribution is 0.0424. The minimum Gasteiger partial charge on any atom is -0.451 e. The highest BCUT2D eigenvalue weighted by Crippen LogP contribution is 2.26. The summed E-state index contributed by atoms with van der Waals surface area (Å²) in [5, 5.41) is 6.82. The smallest absolute Gasteiger partial charge is 0.358 e. The maximum atomic E-state index is 12.1. The fourth-order valence-corrected chi connectivity index (χ4v) is 3.10. The second-order valence-corrected chi connectivity index (χ2v) is 7.12. The summed E-state index contributed by atoms with van der Waals surface area (Å²) < 4.78 is 10.3. The quantitative estimate of drug-likeness (QED) is 0.592. The van der Waals surface area contributed by atoms with Crippen LogP contribution in [-0.4, -0.2) is 21.1 Å². The van der Waals surface area contributed by atoms with Gasteiger partial charge >= 0.3 is 5.97 Å². The topological polar surface area (TPSA) is 78.1 Å². The van der Waals surface area contributed by atoms with E-state index < -0.39 is 5.97 Å². The second-order valence-electron chi connectivity index (χ2n) is 5.83. The Bertz CT molecular complexity index is 875. The highest BCUT2D eigenvalue weighted by Gasteiger charge is 2.16. The zero-order chi connectivity index (χ0) is 17.8. The van der Waals surface area contributed by atoms with Crippen molar-refractivity contribution in [1.29, 1.82) is 0 Å². The fraction of sp³-hybridized carbons (Fsp3) is 0.294. The van der Waals surface area contributed by atoms with E-state index in [1.807, 2.05) is 12.1 Å². The van der Waals surface area contributed by atoms with E-state index in [2.05, 4.69) is 29.0 Å². The van der Waals surface area contributed by atoms with Gasteiger partial charge in [-0.1, -0.05) is 42.7 Å². The lowest BCUT2D eigenvalue weighted by Gasteiger charge is -1.99. The lowest BCUT2D eigenvalue weighted by atomic mass is 10.1. The summed E-state index contributed by atoms with van der Waals surface area (Å²) in [7, 11) is 0. The Morgan fingerprint density at radius 3 is 2.96 bits per heavy atom. The van der Waals surface area contributed by atoms with Crippen LogP contribution in [0.5, 0.6) is 0 Å². The molecule has 2 aromatic heterocycles. The van der Waals surface area contributed by atoms with E-state index in [1.165, 1.54) is 11.3 Å². The Morgan fingerprint density at radius 2 is 2.20 bits per heavy atom. The molecule has 0 saturated heterocycles. The van der Waals surface area contributed by atoms with Crippen LogP contribution in [0.15, 0.2) is 34.2 Å². The molecule has 3 aromatic rings. The van der Waals surface area contributed by atoms with E-state index in [-0.39, 0.29) is 18.2 Å². The molecular weight excluding hydrogens is 362 g/mol. The first kappa shape index (κ1) is 17.6. The number of hydrogen-bond acceptors (Lipinski definition) is 7. The zero-order valence-corrected chi connectivity index (χ0v) is 15.3. The van der Waals surface area contributed by atoms with Crippen LogP contribution in [0.25, 0.3) is 10.6 Å². The van der Waals surface area contributed by atoms with Gasteiger partial charge in [-0.05, 0) is 18.1 Å². The van der Waals surface area contributed by atoms with Crippen LogP contribution in [0.1, 0.15) is 36.1 Å². The van der Waals surface area contributed by atoms with Crippen LogP contribution in [0.4, 0.5) is 0 Å². The predicted molar refractivity (Wildman–Crippen MR) is 94.5 cm³/mol. The van der Waals surface area contributed by atoms with Crippen LogP contribution in [0.2, 0.25) is 5.02 Å². The van der Waals surface area contributed by atoms with Crippen molar-refractivity contribution in [3.8, 4) is 10.6 Å². The van der Waals surface area contributed by atoms with E-state index in [4.69, 9.17) is 20.9 Å². The van der Waals surface area contributed by atoms with Gasteiger partial charge in [0.25, 0.3) is 5.89 Å². The molecule has 0 aliphatic carbocycles. The number of aromatic nitrogens is 3. The molecule has 0 atom stereocenters. The average Bonchev–Trinajstić information content (AvgIpc) is 3.21. The third-order valence-corrected chi connectivity index (χ3v) is 4.34. The first-order chi connectivity index (χ1) is 12.0. The van der Waals surface area contributed by atoms with Gasteiger partial charge in [0.2, 0.25) is 0 Å². The Hall–Kier alpha value is -2.25. The number of thiazole rings is 1.